The predicted molar refractivity (Wildman–Crippen MR) is 75.4 cm³/mol. The molecule has 2 N–H and O–H groups in total. The molecule has 96 valence electrons. The van der Waals surface area contributed by atoms with Gasteiger partial charge in [0.1, 0.15) is 5.75 Å². The number of hydrogen-bond acceptors (Lipinski definition) is 3. The van der Waals surface area contributed by atoms with E-state index < -0.39 is 11.8 Å². The predicted octanol–water partition coefficient (Wildman–Crippen LogP) is 1.14. The number of hydrogen-bond donors (Lipinski definition) is 1. The highest BCUT2D eigenvalue weighted by Crippen LogP contribution is 2.32. The lowest BCUT2D eigenvalue weighted by atomic mass is 10.1. The first-order valence-electron chi connectivity index (χ1n) is 5.46. The lowest BCUT2D eigenvalue weighted by Gasteiger charge is -2.18. The second kappa shape index (κ2) is 5.13. The van der Waals surface area contributed by atoms with E-state index in [0.29, 0.717) is 12.3 Å². The Kier molecular flexibility index (Phi) is 3.74. The summed E-state index contributed by atoms with van der Waals surface area (Å²) < 4.78 is 6.08. The van der Waals surface area contributed by atoms with E-state index in [-0.39, 0.29) is 12.3 Å². The van der Waals surface area contributed by atoms with Crippen LogP contribution in [0.15, 0.2) is 18.2 Å². The van der Waals surface area contributed by atoms with Gasteiger partial charge in [-0.25, -0.2) is 0 Å². The summed E-state index contributed by atoms with van der Waals surface area (Å²) in [6.07, 6.45) is 0.183. The molecule has 6 heteroatoms. The average molecular weight is 360 g/mol. The maximum Gasteiger partial charge on any atom is 0.227 e. The number of methoxy groups -OCH3 is 1. The van der Waals surface area contributed by atoms with Crippen LogP contribution in [0.4, 0.5) is 5.69 Å². The minimum atomic E-state index is -0.427. The minimum absolute atomic E-state index is 0.0787. The highest BCUT2D eigenvalue weighted by molar-refractivity contribution is 14.1. The molecule has 1 aliphatic rings. The fourth-order valence-corrected chi connectivity index (χ4v) is 2.58. The van der Waals surface area contributed by atoms with Gasteiger partial charge < -0.3 is 15.4 Å². The van der Waals surface area contributed by atoms with E-state index in [4.69, 9.17) is 10.5 Å². The lowest BCUT2D eigenvalue weighted by Crippen LogP contribution is -2.28. The van der Waals surface area contributed by atoms with E-state index in [2.05, 4.69) is 22.6 Å². The molecule has 18 heavy (non-hydrogen) atoms. The maximum atomic E-state index is 11.9. The molecule has 0 radical (unpaired) electrons. The van der Waals surface area contributed by atoms with E-state index in [1.165, 1.54) is 0 Å². The van der Waals surface area contributed by atoms with Gasteiger partial charge in [-0.1, -0.05) is 0 Å². The third-order valence-corrected chi connectivity index (χ3v) is 3.88. The van der Waals surface area contributed by atoms with Crippen molar-refractivity contribution in [2.75, 3.05) is 18.6 Å². The second-order valence-corrected chi connectivity index (χ2v) is 5.29. The van der Waals surface area contributed by atoms with Crippen molar-refractivity contribution in [2.24, 2.45) is 11.7 Å². The number of nitrogens with two attached hydrogens (primary N) is 1. The van der Waals surface area contributed by atoms with Crippen molar-refractivity contribution < 1.29 is 14.3 Å². The van der Waals surface area contributed by atoms with E-state index in [0.717, 1.165) is 9.26 Å². The molecule has 1 saturated heterocycles. The molecule has 1 fully saturated rings. The molecule has 1 atom stereocenters. The molecule has 1 unspecified atom stereocenters. The smallest absolute Gasteiger partial charge is 0.227 e. The molecule has 5 nitrogen and oxygen atoms in total. The Morgan fingerprint density at radius 2 is 2.28 bits per heavy atom. The summed E-state index contributed by atoms with van der Waals surface area (Å²) in [4.78, 5) is 24.7. The van der Waals surface area contributed by atoms with Gasteiger partial charge >= 0.3 is 0 Å². The SMILES string of the molecule is COc1ccc(I)c(N2CC(C(N)=O)CC2=O)c1. The van der Waals surface area contributed by atoms with Gasteiger partial charge in [0.15, 0.2) is 0 Å². The Morgan fingerprint density at radius 1 is 1.56 bits per heavy atom. The highest BCUT2D eigenvalue weighted by Gasteiger charge is 2.34. The molecule has 0 aliphatic carbocycles. The Labute approximate surface area is 118 Å². The van der Waals surface area contributed by atoms with E-state index in [1.807, 2.05) is 12.1 Å². The Balaban J connectivity index is 2.32. The van der Waals surface area contributed by atoms with Crippen LogP contribution < -0.4 is 15.4 Å². The maximum absolute atomic E-state index is 11.9. The quantitative estimate of drug-likeness (QED) is 0.822. The molecular weight excluding hydrogens is 347 g/mol. The summed E-state index contributed by atoms with van der Waals surface area (Å²) in [5.41, 5.74) is 6.02. The number of rotatable bonds is 3. The number of carbonyl (C=O) groups excluding carboxylic acids is 2. The molecule has 0 spiro atoms. The fraction of sp³-hybridized carbons (Fsp3) is 0.333. The van der Waals surface area contributed by atoms with E-state index in [1.54, 1.807) is 18.1 Å². The van der Waals surface area contributed by atoms with Gasteiger partial charge in [0.25, 0.3) is 0 Å². The number of benzene rings is 1. The van der Waals surface area contributed by atoms with Crippen molar-refractivity contribution >= 4 is 40.1 Å². The lowest BCUT2D eigenvalue weighted by molar-refractivity contribution is -0.123. The Morgan fingerprint density at radius 3 is 2.83 bits per heavy atom. The molecule has 1 heterocycles. The average Bonchev–Trinajstić information content (AvgIpc) is 2.72. The van der Waals surface area contributed by atoms with E-state index >= 15 is 0 Å². The van der Waals surface area contributed by atoms with Gasteiger partial charge in [0.2, 0.25) is 11.8 Å². The number of ether oxygens (including phenoxy) is 1. The van der Waals surface area contributed by atoms with Crippen LogP contribution in [-0.2, 0) is 9.59 Å². The van der Waals surface area contributed by atoms with E-state index in [9.17, 15) is 9.59 Å². The van der Waals surface area contributed by atoms with Gasteiger partial charge in [-0.3, -0.25) is 9.59 Å². The Hall–Kier alpha value is -1.31. The highest BCUT2D eigenvalue weighted by atomic mass is 127. The van der Waals surface area contributed by atoms with Crippen molar-refractivity contribution in [3.8, 4) is 5.75 Å². The summed E-state index contributed by atoms with van der Waals surface area (Å²) >= 11 is 2.15. The summed E-state index contributed by atoms with van der Waals surface area (Å²) in [5, 5.41) is 0. The number of halogens is 1. The molecule has 2 amide bonds. The molecule has 1 aliphatic heterocycles. The van der Waals surface area contributed by atoms with Crippen LogP contribution in [0.3, 0.4) is 0 Å². The zero-order chi connectivity index (χ0) is 13.3. The standard InChI is InChI=1S/C12H13IN2O3/c1-18-8-2-3-9(13)10(5-8)15-6-7(12(14)17)4-11(15)16/h2-3,5,7H,4,6H2,1H3,(H2,14,17). The van der Waals surface area contributed by atoms with Crippen LogP contribution in [0, 0.1) is 9.49 Å². The summed E-state index contributed by atoms with van der Waals surface area (Å²) in [7, 11) is 1.57. The zero-order valence-electron chi connectivity index (χ0n) is 9.85. The number of nitrogens with zero attached hydrogens (tertiary/aromatic N) is 1. The fourth-order valence-electron chi connectivity index (χ4n) is 1.96. The number of primary amides is 1. The van der Waals surface area contributed by atoms with Crippen LogP contribution in [0.1, 0.15) is 6.42 Å². The Bertz CT molecular complexity index is 504. The first kappa shape index (κ1) is 13.1. The van der Waals surface area contributed by atoms with Crippen molar-refractivity contribution in [1.82, 2.24) is 0 Å². The third kappa shape index (κ3) is 2.43. The summed E-state index contributed by atoms with van der Waals surface area (Å²) in [6, 6.07) is 5.50. The topological polar surface area (TPSA) is 72.6 Å². The first-order chi connectivity index (χ1) is 8.52. The van der Waals surface area contributed by atoms with Gasteiger partial charge in [0, 0.05) is 22.6 Å². The molecule has 1 aromatic rings. The van der Waals surface area contributed by atoms with Gasteiger partial charge in [0.05, 0.1) is 18.7 Å². The molecule has 0 saturated carbocycles. The van der Waals surface area contributed by atoms with Crippen LogP contribution in [0.2, 0.25) is 0 Å². The van der Waals surface area contributed by atoms with Crippen LogP contribution in [0.5, 0.6) is 5.75 Å². The second-order valence-electron chi connectivity index (χ2n) is 4.13. The van der Waals surface area contributed by atoms with Gasteiger partial charge in [-0.05, 0) is 34.7 Å². The van der Waals surface area contributed by atoms with Gasteiger partial charge in [-0.15, -0.1) is 0 Å². The van der Waals surface area contributed by atoms with Crippen molar-refractivity contribution in [3.05, 3.63) is 21.8 Å². The van der Waals surface area contributed by atoms with Crippen LogP contribution in [-0.4, -0.2) is 25.5 Å². The van der Waals surface area contributed by atoms with Crippen LogP contribution in [0.25, 0.3) is 0 Å². The minimum Gasteiger partial charge on any atom is -0.497 e. The van der Waals surface area contributed by atoms with Crippen molar-refractivity contribution in [3.63, 3.8) is 0 Å². The zero-order valence-corrected chi connectivity index (χ0v) is 12.0. The molecule has 1 aromatic carbocycles. The largest absolute Gasteiger partial charge is 0.497 e. The normalized spacial score (nSPS) is 19.1. The molecular formula is C12H13IN2O3. The summed E-state index contributed by atoms with van der Waals surface area (Å²) in [5.74, 6) is -0.228. The third-order valence-electron chi connectivity index (χ3n) is 2.97. The number of amides is 2. The number of anilines is 1. The molecule has 0 aromatic heterocycles. The first-order valence-corrected chi connectivity index (χ1v) is 6.54. The number of carbonyl (C=O) groups is 2. The van der Waals surface area contributed by atoms with Crippen LogP contribution >= 0.6 is 22.6 Å². The molecule has 0 bridgehead atoms. The van der Waals surface area contributed by atoms with Crippen molar-refractivity contribution in [2.45, 2.75) is 6.42 Å². The summed E-state index contributed by atoms with van der Waals surface area (Å²) in [6.45, 7) is 0.345. The monoisotopic (exact) mass is 360 g/mol. The molecule has 2 rings (SSSR count). The van der Waals surface area contributed by atoms with Crippen molar-refractivity contribution in [1.29, 1.82) is 0 Å². The van der Waals surface area contributed by atoms with Gasteiger partial charge in [-0.2, -0.15) is 0 Å².